The van der Waals surface area contributed by atoms with Crippen LogP contribution in [-0.2, 0) is 7.05 Å². The standard InChI is InChI=1S/C25H18FN3O/c1-28-22-8-4-3-7-20(22)27-21-15-17(10-12-23(21)29(28)26)16-11-13-25-19(14-16)18-6-2-5-9-24(18)30-25/h2-15,27H,1H3. The van der Waals surface area contributed by atoms with E-state index in [2.05, 4.69) is 17.1 Å². The molecular weight excluding hydrogens is 377 g/mol. The summed E-state index contributed by atoms with van der Waals surface area (Å²) in [5.41, 5.74) is 6.59. The zero-order valence-corrected chi connectivity index (χ0v) is 16.3. The van der Waals surface area contributed by atoms with E-state index in [-0.39, 0.29) is 0 Å². The number of aromatic amines is 1. The second-order valence-electron chi connectivity index (χ2n) is 7.47. The monoisotopic (exact) mass is 395 g/mol. The Bertz CT molecular complexity index is 1630. The number of nitrogens with one attached hydrogen (secondary N) is 1. The molecule has 0 bridgehead atoms. The minimum atomic E-state index is 0.465. The predicted molar refractivity (Wildman–Crippen MR) is 120 cm³/mol. The zero-order valence-electron chi connectivity index (χ0n) is 16.3. The van der Waals surface area contributed by atoms with Crippen molar-refractivity contribution in [3.05, 3.63) is 84.9 Å². The van der Waals surface area contributed by atoms with E-state index >= 15 is 4.48 Å². The summed E-state index contributed by atoms with van der Waals surface area (Å²) >= 11 is 0. The molecule has 0 atom stereocenters. The minimum Gasteiger partial charge on any atom is -0.456 e. The number of fused-ring (bicyclic) bond motifs is 5. The van der Waals surface area contributed by atoms with Gasteiger partial charge in [0.2, 0.25) is 0 Å². The molecule has 0 spiro atoms. The molecule has 0 saturated heterocycles. The second kappa shape index (κ2) is 6.26. The highest BCUT2D eigenvalue weighted by Gasteiger charge is 2.10. The molecule has 0 saturated carbocycles. The SMILES string of the molecule is Cn1c2ccccc2[nH]c2cc(-c3ccc4oc5ccccc5c4c3)ccc2n1F. The number of H-pyrrole nitrogens is 1. The van der Waals surface area contributed by atoms with Crippen molar-refractivity contribution >= 4 is 44.0 Å². The maximum atomic E-state index is 15.1. The van der Waals surface area contributed by atoms with Gasteiger partial charge in [-0.3, -0.25) is 4.68 Å². The molecule has 0 unspecified atom stereocenters. The van der Waals surface area contributed by atoms with Gasteiger partial charge in [0.15, 0.2) is 0 Å². The average molecular weight is 395 g/mol. The molecule has 0 aliphatic heterocycles. The third-order valence-corrected chi connectivity index (χ3v) is 5.69. The van der Waals surface area contributed by atoms with Crippen molar-refractivity contribution in [2.24, 2.45) is 7.05 Å². The van der Waals surface area contributed by atoms with Crippen LogP contribution in [0.25, 0.3) is 55.1 Å². The molecule has 6 aromatic rings. The Morgan fingerprint density at radius 2 is 1.43 bits per heavy atom. The van der Waals surface area contributed by atoms with E-state index in [1.54, 1.807) is 13.1 Å². The molecule has 30 heavy (non-hydrogen) atoms. The molecule has 0 amide bonds. The molecule has 2 heterocycles. The molecule has 0 fully saturated rings. The van der Waals surface area contributed by atoms with Crippen molar-refractivity contribution in [3.63, 3.8) is 0 Å². The second-order valence-corrected chi connectivity index (χ2v) is 7.47. The van der Waals surface area contributed by atoms with Crippen LogP contribution in [0.1, 0.15) is 0 Å². The third kappa shape index (κ3) is 2.45. The Hall–Kier alpha value is -3.99. The lowest BCUT2D eigenvalue weighted by Crippen LogP contribution is -2.03. The summed E-state index contributed by atoms with van der Waals surface area (Å²) in [4.78, 5) is 4.07. The molecule has 2 aromatic heterocycles. The first kappa shape index (κ1) is 16.9. The Morgan fingerprint density at radius 1 is 0.700 bits per heavy atom. The van der Waals surface area contributed by atoms with Crippen LogP contribution < -0.4 is 0 Å². The van der Waals surface area contributed by atoms with Crippen molar-refractivity contribution in [2.45, 2.75) is 0 Å². The molecule has 0 aliphatic carbocycles. The van der Waals surface area contributed by atoms with E-state index < -0.39 is 0 Å². The number of nitrogens with zero attached hydrogens (tertiary/aromatic N) is 2. The Kier molecular flexibility index (Phi) is 3.53. The highest BCUT2D eigenvalue weighted by atomic mass is 19.2. The average Bonchev–Trinajstić information content (AvgIpc) is 3.12. The molecule has 1 N–H and O–H groups in total. The number of hydrogen-bond donors (Lipinski definition) is 1. The Labute approximate surface area is 171 Å². The summed E-state index contributed by atoms with van der Waals surface area (Å²) in [6.07, 6.45) is 0. The molecule has 4 nitrogen and oxygen atoms in total. The molecule has 6 rings (SSSR count). The summed E-state index contributed by atoms with van der Waals surface area (Å²) in [6.45, 7) is 0. The van der Waals surface area contributed by atoms with Gasteiger partial charge >= 0.3 is 0 Å². The van der Waals surface area contributed by atoms with Gasteiger partial charge in [0.1, 0.15) is 16.7 Å². The van der Waals surface area contributed by atoms with E-state index in [4.69, 9.17) is 4.42 Å². The quantitative estimate of drug-likeness (QED) is 0.324. The minimum absolute atomic E-state index is 0.465. The van der Waals surface area contributed by atoms with Crippen LogP contribution in [0.4, 0.5) is 4.48 Å². The zero-order chi connectivity index (χ0) is 20.2. The maximum absolute atomic E-state index is 15.1. The van der Waals surface area contributed by atoms with Gasteiger partial charge in [-0.15, -0.1) is 4.90 Å². The van der Waals surface area contributed by atoms with Crippen LogP contribution in [-0.4, -0.2) is 14.6 Å². The topological polar surface area (TPSA) is 38.8 Å². The molecule has 0 aliphatic rings. The van der Waals surface area contributed by atoms with Gasteiger partial charge in [-0.05, 0) is 53.6 Å². The first-order valence-electron chi connectivity index (χ1n) is 9.80. The fraction of sp³-hybridized carbons (Fsp3) is 0.0400. The molecular formula is C25H18FN3O. The van der Waals surface area contributed by atoms with Crippen LogP contribution in [0.3, 0.4) is 0 Å². The van der Waals surface area contributed by atoms with Gasteiger partial charge in [-0.25, -0.2) is 0 Å². The Morgan fingerprint density at radius 3 is 2.37 bits per heavy atom. The van der Waals surface area contributed by atoms with Crippen molar-refractivity contribution in [3.8, 4) is 11.1 Å². The number of aryl methyl sites for hydroxylation is 1. The fourth-order valence-corrected chi connectivity index (χ4v) is 4.15. The van der Waals surface area contributed by atoms with E-state index in [0.29, 0.717) is 15.9 Å². The summed E-state index contributed by atoms with van der Waals surface area (Å²) in [5, 5.41) is 2.16. The normalized spacial score (nSPS) is 11.7. The van der Waals surface area contributed by atoms with Gasteiger partial charge in [0, 0.05) is 17.8 Å². The lowest BCUT2D eigenvalue weighted by molar-refractivity contribution is 0.283. The van der Waals surface area contributed by atoms with Crippen molar-refractivity contribution < 1.29 is 8.90 Å². The molecule has 146 valence electrons. The number of benzene rings is 4. The Balaban J connectivity index is 1.62. The number of hydrogen-bond acceptors (Lipinski definition) is 1. The highest BCUT2D eigenvalue weighted by Crippen LogP contribution is 2.33. The summed E-state index contributed by atoms with van der Waals surface area (Å²) < 4.78 is 22.5. The number of halogens is 1. The van der Waals surface area contributed by atoms with Gasteiger partial charge in [0.25, 0.3) is 0 Å². The number of furan rings is 1. The van der Waals surface area contributed by atoms with Crippen LogP contribution >= 0.6 is 0 Å². The predicted octanol–water partition coefficient (Wildman–Crippen LogP) is 6.88. The summed E-state index contributed by atoms with van der Waals surface area (Å²) in [6, 6.07) is 27.6. The third-order valence-electron chi connectivity index (χ3n) is 5.69. The van der Waals surface area contributed by atoms with Crippen molar-refractivity contribution in [1.29, 1.82) is 0 Å². The number of para-hydroxylation sites is 3. The van der Waals surface area contributed by atoms with Crippen molar-refractivity contribution in [1.82, 2.24) is 14.6 Å². The van der Waals surface area contributed by atoms with E-state index in [1.165, 1.54) is 4.68 Å². The highest BCUT2D eigenvalue weighted by molar-refractivity contribution is 6.06. The smallest absolute Gasteiger partial charge is 0.135 e. The fourth-order valence-electron chi connectivity index (χ4n) is 4.15. The molecule has 5 heteroatoms. The first-order chi connectivity index (χ1) is 14.7. The van der Waals surface area contributed by atoms with Crippen LogP contribution in [0, 0.1) is 0 Å². The van der Waals surface area contributed by atoms with E-state index in [0.717, 1.165) is 44.1 Å². The molecule has 4 aromatic carbocycles. The lowest BCUT2D eigenvalue weighted by Gasteiger charge is -2.06. The largest absolute Gasteiger partial charge is 0.456 e. The summed E-state index contributed by atoms with van der Waals surface area (Å²) in [5.74, 6) is 0. The number of rotatable bonds is 1. The van der Waals surface area contributed by atoms with Gasteiger partial charge in [-0.2, -0.15) is 0 Å². The van der Waals surface area contributed by atoms with E-state index in [9.17, 15) is 0 Å². The van der Waals surface area contributed by atoms with Crippen LogP contribution in [0.5, 0.6) is 0 Å². The number of aromatic nitrogens is 3. The summed E-state index contributed by atoms with van der Waals surface area (Å²) in [7, 11) is 1.71. The van der Waals surface area contributed by atoms with Gasteiger partial charge in [-0.1, -0.05) is 46.9 Å². The first-order valence-corrected chi connectivity index (χ1v) is 9.80. The van der Waals surface area contributed by atoms with Crippen LogP contribution in [0.15, 0.2) is 89.3 Å². The van der Waals surface area contributed by atoms with Crippen LogP contribution in [0.2, 0.25) is 0 Å². The maximum Gasteiger partial charge on any atom is 0.135 e. The van der Waals surface area contributed by atoms with Gasteiger partial charge in [0.05, 0.1) is 16.6 Å². The van der Waals surface area contributed by atoms with E-state index in [1.807, 2.05) is 66.7 Å². The van der Waals surface area contributed by atoms with Crippen molar-refractivity contribution in [2.75, 3.05) is 0 Å². The van der Waals surface area contributed by atoms with Gasteiger partial charge < -0.3 is 9.40 Å². The lowest BCUT2D eigenvalue weighted by atomic mass is 10.0. The molecule has 0 radical (unpaired) electrons.